The van der Waals surface area contributed by atoms with Gasteiger partial charge in [0.25, 0.3) is 5.56 Å². The van der Waals surface area contributed by atoms with E-state index in [2.05, 4.69) is 4.98 Å². The number of nitrogens with one attached hydrogen (secondary N) is 1. The summed E-state index contributed by atoms with van der Waals surface area (Å²) in [6, 6.07) is 4.49. The molecule has 4 rings (SSSR count). The van der Waals surface area contributed by atoms with E-state index >= 15 is 0 Å². The SMILES string of the molecule is Cc1ccc(-n2c(=O)c3c[nH]c4c(n-3c2=O)CCCC4)c(F)c1. The Morgan fingerprint density at radius 3 is 2.65 bits per heavy atom. The van der Waals surface area contributed by atoms with Gasteiger partial charge in [-0.15, -0.1) is 0 Å². The molecule has 2 heterocycles. The first-order valence-electron chi connectivity index (χ1n) is 7.71. The monoisotopic (exact) mass is 313 g/mol. The van der Waals surface area contributed by atoms with Crippen LogP contribution in [0.3, 0.4) is 0 Å². The van der Waals surface area contributed by atoms with Crippen molar-refractivity contribution in [2.24, 2.45) is 0 Å². The first kappa shape index (κ1) is 14.0. The highest BCUT2D eigenvalue weighted by Crippen LogP contribution is 2.21. The Morgan fingerprint density at radius 1 is 1.09 bits per heavy atom. The van der Waals surface area contributed by atoms with E-state index in [1.807, 2.05) is 0 Å². The van der Waals surface area contributed by atoms with E-state index < -0.39 is 17.1 Å². The van der Waals surface area contributed by atoms with Gasteiger partial charge in [-0.2, -0.15) is 0 Å². The van der Waals surface area contributed by atoms with Gasteiger partial charge in [-0.05, 0) is 50.3 Å². The molecule has 5 nitrogen and oxygen atoms in total. The highest BCUT2D eigenvalue weighted by Gasteiger charge is 2.25. The van der Waals surface area contributed by atoms with Crippen LogP contribution in [0.1, 0.15) is 29.8 Å². The van der Waals surface area contributed by atoms with Gasteiger partial charge in [0.1, 0.15) is 11.5 Å². The summed E-state index contributed by atoms with van der Waals surface area (Å²) in [5, 5.41) is 0. The van der Waals surface area contributed by atoms with E-state index in [9.17, 15) is 14.0 Å². The minimum atomic E-state index is -0.571. The van der Waals surface area contributed by atoms with Gasteiger partial charge >= 0.3 is 5.69 Å². The third-order valence-electron chi connectivity index (χ3n) is 4.48. The van der Waals surface area contributed by atoms with Crippen LogP contribution in [-0.2, 0) is 12.8 Å². The molecule has 3 aliphatic rings. The number of halogens is 1. The average Bonchev–Trinajstić information content (AvgIpc) is 2.80. The number of imidazole rings is 1. The van der Waals surface area contributed by atoms with Crippen LogP contribution in [0, 0.1) is 12.7 Å². The van der Waals surface area contributed by atoms with Crippen molar-refractivity contribution in [1.82, 2.24) is 14.1 Å². The molecule has 0 amide bonds. The molecule has 118 valence electrons. The third-order valence-corrected chi connectivity index (χ3v) is 4.48. The Kier molecular flexibility index (Phi) is 3.01. The van der Waals surface area contributed by atoms with E-state index in [1.165, 1.54) is 16.7 Å². The highest BCUT2D eigenvalue weighted by atomic mass is 19.1. The van der Waals surface area contributed by atoms with Crippen LogP contribution in [0.2, 0.25) is 0 Å². The van der Waals surface area contributed by atoms with Crippen LogP contribution in [0.4, 0.5) is 4.39 Å². The van der Waals surface area contributed by atoms with Crippen molar-refractivity contribution in [3.05, 3.63) is 68.0 Å². The lowest BCUT2D eigenvalue weighted by molar-refractivity contribution is 0.609. The molecule has 23 heavy (non-hydrogen) atoms. The standard InChI is InChI=1S/C17H16FN3O2/c1-10-6-7-13(11(18)8-10)21-16(22)15-9-19-12-4-2-3-5-14(12)20(15)17(21)23/h6-9,19H,2-5H2,1H3. The average molecular weight is 313 g/mol. The molecule has 6 heteroatoms. The number of aryl methyl sites for hydroxylation is 2. The molecule has 1 aliphatic carbocycles. The van der Waals surface area contributed by atoms with Crippen LogP contribution in [0.5, 0.6) is 0 Å². The lowest BCUT2D eigenvalue weighted by atomic mass is 10.00. The minimum Gasteiger partial charge on any atom is -0.362 e. The van der Waals surface area contributed by atoms with Gasteiger partial charge in [-0.1, -0.05) is 6.07 Å². The highest BCUT2D eigenvalue weighted by molar-refractivity contribution is 5.42. The molecule has 2 aliphatic heterocycles. The van der Waals surface area contributed by atoms with Crippen molar-refractivity contribution in [2.45, 2.75) is 32.6 Å². The lowest BCUT2D eigenvalue weighted by Crippen LogP contribution is -2.28. The Hall–Kier alpha value is -2.63. The Morgan fingerprint density at radius 2 is 1.87 bits per heavy atom. The summed E-state index contributed by atoms with van der Waals surface area (Å²) in [7, 11) is 0. The van der Waals surface area contributed by atoms with E-state index in [-0.39, 0.29) is 11.4 Å². The number of H-pyrrole nitrogens is 1. The van der Waals surface area contributed by atoms with Crippen LogP contribution in [0.15, 0.2) is 34.0 Å². The second kappa shape index (κ2) is 4.94. The summed E-state index contributed by atoms with van der Waals surface area (Å²) in [6.45, 7) is 1.76. The smallest absolute Gasteiger partial charge is 0.340 e. The van der Waals surface area contributed by atoms with Crippen LogP contribution < -0.4 is 11.2 Å². The third kappa shape index (κ3) is 1.98. The van der Waals surface area contributed by atoms with Gasteiger partial charge in [0.05, 0.1) is 5.69 Å². The van der Waals surface area contributed by atoms with Gasteiger partial charge in [-0.3, -0.25) is 9.36 Å². The van der Waals surface area contributed by atoms with Gasteiger partial charge in [0, 0.05) is 17.6 Å². The number of nitrogens with zero attached hydrogens (tertiary/aromatic N) is 2. The fourth-order valence-corrected chi connectivity index (χ4v) is 3.34. The van der Waals surface area contributed by atoms with Crippen molar-refractivity contribution in [3.8, 4) is 11.4 Å². The summed E-state index contributed by atoms with van der Waals surface area (Å²) >= 11 is 0. The van der Waals surface area contributed by atoms with E-state index in [1.54, 1.807) is 19.2 Å². The molecule has 0 atom stereocenters. The summed E-state index contributed by atoms with van der Waals surface area (Å²) in [5.41, 5.74) is 1.81. The van der Waals surface area contributed by atoms with Crippen molar-refractivity contribution in [2.75, 3.05) is 0 Å². The first-order valence-corrected chi connectivity index (χ1v) is 7.71. The van der Waals surface area contributed by atoms with Gasteiger partial charge in [0.15, 0.2) is 0 Å². The van der Waals surface area contributed by atoms with Crippen molar-refractivity contribution >= 4 is 0 Å². The number of fused-ring (bicyclic) bond motifs is 3. The van der Waals surface area contributed by atoms with Crippen molar-refractivity contribution in [1.29, 1.82) is 0 Å². The van der Waals surface area contributed by atoms with Crippen LogP contribution >= 0.6 is 0 Å². The molecule has 1 N–H and O–H groups in total. The second-order valence-corrected chi connectivity index (χ2v) is 6.02. The molecule has 0 spiro atoms. The normalized spacial score (nSPS) is 14.2. The summed E-state index contributed by atoms with van der Waals surface area (Å²) in [6.07, 6.45) is 5.18. The predicted octanol–water partition coefficient (Wildman–Crippen LogP) is 2.08. The van der Waals surface area contributed by atoms with Gasteiger partial charge in [-0.25, -0.2) is 13.8 Å². The molecule has 0 bridgehead atoms. The fraction of sp³-hybridized carbons (Fsp3) is 0.294. The molecule has 0 saturated carbocycles. The largest absolute Gasteiger partial charge is 0.362 e. The molecular weight excluding hydrogens is 297 g/mol. The lowest BCUT2D eigenvalue weighted by Gasteiger charge is -2.18. The molecule has 0 fully saturated rings. The molecule has 0 aromatic heterocycles. The van der Waals surface area contributed by atoms with Crippen molar-refractivity contribution in [3.63, 3.8) is 0 Å². The van der Waals surface area contributed by atoms with Crippen LogP contribution in [0.25, 0.3) is 11.4 Å². The molecule has 0 unspecified atom stereocenters. The second-order valence-electron chi connectivity index (χ2n) is 6.02. The van der Waals surface area contributed by atoms with E-state index in [0.29, 0.717) is 0 Å². The zero-order valence-corrected chi connectivity index (χ0v) is 12.7. The zero-order valence-electron chi connectivity index (χ0n) is 12.7. The molecule has 0 radical (unpaired) electrons. The molecule has 0 saturated heterocycles. The number of hydrogen-bond acceptors (Lipinski definition) is 2. The maximum absolute atomic E-state index is 14.2. The number of benzene rings is 1. The van der Waals surface area contributed by atoms with Crippen LogP contribution in [-0.4, -0.2) is 14.1 Å². The molecular formula is C17H16FN3O2. The first-order chi connectivity index (χ1) is 11.1. The van der Waals surface area contributed by atoms with E-state index in [0.717, 1.165) is 47.2 Å². The van der Waals surface area contributed by atoms with E-state index in [4.69, 9.17) is 0 Å². The number of aromatic amines is 1. The summed E-state index contributed by atoms with van der Waals surface area (Å²) < 4.78 is 16.6. The number of hydrogen-bond donors (Lipinski definition) is 1. The molecule has 1 aromatic carbocycles. The molecule has 1 aromatic rings. The number of aromatic nitrogens is 3. The summed E-state index contributed by atoms with van der Waals surface area (Å²) in [5.74, 6) is -0.571. The predicted molar refractivity (Wildman–Crippen MR) is 84.5 cm³/mol. The minimum absolute atomic E-state index is 0.00106. The quantitative estimate of drug-likeness (QED) is 0.748. The van der Waals surface area contributed by atoms with Gasteiger partial charge < -0.3 is 4.98 Å². The maximum atomic E-state index is 14.2. The Balaban J connectivity index is 2.07. The Bertz CT molecular complexity index is 996. The number of rotatable bonds is 1. The zero-order chi connectivity index (χ0) is 16.1. The summed E-state index contributed by atoms with van der Waals surface area (Å²) in [4.78, 5) is 28.6. The topological polar surface area (TPSA) is 59.8 Å². The van der Waals surface area contributed by atoms with Crippen molar-refractivity contribution < 1.29 is 4.39 Å². The fourth-order valence-electron chi connectivity index (χ4n) is 3.34. The Labute approximate surface area is 131 Å². The van der Waals surface area contributed by atoms with Gasteiger partial charge in [0.2, 0.25) is 0 Å². The maximum Gasteiger partial charge on any atom is 0.340 e.